The van der Waals surface area contributed by atoms with Crippen LogP contribution in [0.2, 0.25) is 0 Å². The molecule has 1 fully saturated rings. The van der Waals surface area contributed by atoms with E-state index in [1.807, 2.05) is 20.8 Å². The van der Waals surface area contributed by atoms with Gasteiger partial charge in [0.25, 0.3) is 0 Å². The SMILES string of the molecule is COC(=O)C1OC1C(=O)SC(C)(C)C. The van der Waals surface area contributed by atoms with Gasteiger partial charge in [-0.1, -0.05) is 32.5 Å². The normalized spacial score (nSPS) is 25.7. The maximum atomic E-state index is 11.5. The van der Waals surface area contributed by atoms with E-state index in [9.17, 15) is 9.59 Å². The Bertz CT molecular complexity index is 256. The molecular weight excluding hydrogens is 204 g/mol. The summed E-state index contributed by atoms with van der Waals surface area (Å²) in [7, 11) is 1.28. The zero-order valence-corrected chi connectivity index (χ0v) is 9.51. The summed E-state index contributed by atoms with van der Waals surface area (Å²) >= 11 is 1.19. The lowest BCUT2D eigenvalue weighted by Crippen LogP contribution is -2.19. The Balaban J connectivity index is 2.40. The van der Waals surface area contributed by atoms with Crippen molar-refractivity contribution in [3.63, 3.8) is 0 Å². The van der Waals surface area contributed by atoms with Gasteiger partial charge in [-0.05, 0) is 0 Å². The Kier molecular flexibility index (Phi) is 3.21. The number of hydrogen-bond acceptors (Lipinski definition) is 5. The molecule has 2 atom stereocenters. The van der Waals surface area contributed by atoms with E-state index in [-0.39, 0.29) is 9.86 Å². The fourth-order valence-corrected chi connectivity index (χ4v) is 1.85. The van der Waals surface area contributed by atoms with E-state index < -0.39 is 18.2 Å². The van der Waals surface area contributed by atoms with E-state index in [0.29, 0.717) is 0 Å². The molecule has 0 aromatic rings. The quantitative estimate of drug-likeness (QED) is 0.511. The molecule has 1 rings (SSSR count). The van der Waals surface area contributed by atoms with Crippen LogP contribution in [0, 0.1) is 0 Å². The molecular formula is C9H14O4S. The standard InChI is InChI=1S/C9H14O4S/c1-9(2,3)14-8(11)6-5(13-6)7(10)12-4/h5-6H,1-4H3. The van der Waals surface area contributed by atoms with Gasteiger partial charge >= 0.3 is 5.97 Å². The van der Waals surface area contributed by atoms with Gasteiger partial charge in [0.15, 0.2) is 12.2 Å². The van der Waals surface area contributed by atoms with Crippen LogP contribution >= 0.6 is 11.8 Å². The smallest absolute Gasteiger partial charge is 0.338 e. The summed E-state index contributed by atoms with van der Waals surface area (Å²) in [6.45, 7) is 5.81. The van der Waals surface area contributed by atoms with Crippen molar-refractivity contribution in [2.75, 3.05) is 7.11 Å². The molecule has 0 saturated carbocycles. The number of epoxide rings is 1. The summed E-state index contributed by atoms with van der Waals surface area (Å²) < 4.78 is 9.24. The van der Waals surface area contributed by atoms with Gasteiger partial charge in [0.05, 0.1) is 7.11 Å². The Morgan fingerprint density at radius 2 is 1.86 bits per heavy atom. The first-order chi connectivity index (χ1) is 6.35. The predicted molar refractivity (Wildman–Crippen MR) is 53.0 cm³/mol. The zero-order valence-electron chi connectivity index (χ0n) is 8.70. The van der Waals surface area contributed by atoms with Crippen molar-refractivity contribution >= 4 is 22.8 Å². The minimum absolute atomic E-state index is 0.104. The molecule has 4 nitrogen and oxygen atoms in total. The number of carbonyl (C=O) groups is 2. The molecule has 2 unspecified atom stereocenters. The second kappa shape index (κ2) is 3.90. The van der Waals surface area contributed by atoms with E-state index in [0.717, 1.165) is 0 Å². The van der Waals surface area contributed by atoms with Gasteiger partial charge in [-0.15, -0.1) is 0 Å². The molecule has 0 bridgehead atoms. The molecule has 0 radical (unpaired) electrons. The molecule has 0 N–H and O–H groups in total. The van der Waals surface area contributed by atoms with Crippen molar-refractivity contribution in [1.29, 1.82) is 0 Å². The third-order valence-corrected chi connectivity index (χ3v) is 2.61. The summed E-state index contributed by atoms with van der Waals surface area (Å²) in [5, 5.41) is -0.104. The zero-order chi connectivity index (χ0) is 10.9. The highest BCUT2D eigenvalue weighted by molar-refractivity contribution is 8.14. The fourth-order valence-electron chi connectivity index (χ4n) is 0.947. The minimum Gasteiger partial charge on any atom is -0.467 e. The lowest BCUT2D eigenvalue weighted by Gasteiger charge is -2.14. The minimum atomic E-state index is -0.678. The van der Waals surface area contributed by atoms with Crippen LogP contribution < -0.4 is 0 Å². The first kappa shape index (κ1) is 11.5. The maximum Gasteiger partial charge on any atom is 0.338 e. The average molecular weight is 218 g/mol. The summed E-state index contributed by atoms with van der Waals surface area (Å²) in [5.74, 6) is -0.474. The highest BCUT2D eigenvalue weighted by Gasteiger charge is 2.51. The van der Waals surface area contributed by atoms with E-state index >= 15 is 0 Å². The van der Waals surface area contributed by atoms with E-state index in [1.165, 1.54) is 18.9 Å². The average Bonchev–Trinajstić information content (AvgIpc) is 2.78. The number of ether oxygens (including phenoxy) is 2. The summed E-state index contributed by atoms with van der Waals surface area (Å²) in [5.41, 5.74) is 0. The second-order valence-corrected chi connectivity index (χ2v) is 5.87. The number of carbonyl (C=O) groups excluding carboxylic acids is 2. The van der Waals surface area contributed by atoms with Crippen LogP contribution in [0.15, 0.2) is 0 Å². The van der Waals surface area contributed by atoms with Crippen molar-refractivity contribution < 1.29 is 19.1 Å². The molecule has 1 heterocycles. The molecule has 5 heteroatoms. The number of rotatable bonds is 2. The first-order valence-corrected chi connectivity index (χ1v) is 5.13. The number of hydrogen-bond donors (Lipinski definition) is 0. The third-order valence-electron chi connectivity index (χ3n) is 1.56. The Morgan fingerprint density at radius 3 is 2.29 bits per heavy atom. The second-order valence-electron chi connectivity index (χ2n) is 4.03. The lowest BCUT2D eigenvalue weighted by molar-refractivity contribution is -0.142. The highest BCUT2D eigenvalue weighted by atomic mass is 32.2. The first-order valence-electron chi connectivity index (χ1n) is 4.31. The van der Waals surface area contributed by atoms with E-state index in [2.05, 4.69) is 4.74 Å². The van der Waals surface area contributed by atoms with E-state index in [1.54, 1.807) is 0 Å². The van der Waals surface area contributed by atoms with Crippen molar-refractivity contribution in [2.24, 2.45) is 0 Å². The van der Waals surface area contributed by atoms with Crippen LogP contribution in [0.1, 0.15) is 20.8 Å². The molecule has 0 aromatic heterocycles. The molecule has 0 spiro atoms. The molecule has 1 aliphatic heterocycles. The maximum absolute atomic E-state index is 11.5. The molecule has 0 aliphatic carbocycles. The Morgan fingerprint density at radius 1 is 1.29 bits per heavy atom. The lowest BCUT2D eigenvalue weighted by atomic mass is 10.3. The highest BCUT2D eigenvalue weighted by Crippen LogP contribution is 2.33. The molecule has 1 saturated heterocycles. The van der Waals surface area contributed by atoms with Crippen molar-refractivity contribution in [3.05, 3.63) is 0 Å². The van der Waals surface area contributed by atoms with Gasteiger partial charge < -0.3 is 9.47 Å². The van der Waals surface area contributed by atoms with Crippen LogP contribution in [0.4, 0.5) is 0 Å². The summed E-state index contributed by atoms with van der Waals surface area (Å²) in [6.07, 6.45) is -1.28. The van der Waals surface area contributed by atoms with Crippen LogP contribution in [0.3, 0.4) is 0 Å². The summed E-state index contributed by atoms with van der Waals surface area (Å²) in [6, 6.07) is 0. The molecule has 14 heavy (non-hydrogen) atoms. The van der Waals surface area contributed by atoms with Crippen molar-refractivity contribution in [3.8, 4) is 0 Å². The van der Waals surface area contributed by atoms with Gasteiger partial charge in [-0.3, -0.25) is 4.79 Å². The van der Waals surface area contributed by atoms with Gasteiger partial charge in [-0.2, -0.15) is 0 Å². The number of thioether (sulfide) groups is 1. The summed E-state index contributed by atoms with van der Waals surface area (Å²) in [4.78, 5) is 22.4. The Labute approximate surface area is 87.3 Å². The predicted octanol–water partition coefficient (Wildman–Crippen LogP) is 0.985. The molecule has 1 aliphatic rings. The van der Waals surface area contributed by atoms with Crippen LogP contribution in [0.25, 0.3) is 0 Å². The molecule has 0 aromatic carbocycles. The topological polar surface area (TPSA) is 55.9 Å². The third kappa shape index (κ3) is 2.99. The van der Waals surface area contributed by atoms with Gasteiger partial charge in [0.1, 0.15) is 0 Å². The van der Waals surface area contributed by atoms with Gasteiger partial charge in [-0.25, -0.2) is 4.79 Å². The fraction of sp³-hybridized carbons (Fsp3) is 0.778. The van der Waals surface area contributed by atoms with Crippen LogP contribution in [-0.2, 0) is 19.1 Å². The van der Waals surface area contributed by atoms with Gasteiger partial charge in [0, 0.05) is 4.75 Å². The molecule has 0 amide bonds. The van der Waals surface area contributed by atoms with E-state index in [4.69, 9.17) is 4.74 Å². The van der Waals surface area contributed by atoms with Crippen molar-refractivity contribution in [1.82, 2.24) is 0 Å². The largest absolute Gasteiger partial charge is 0.467 e. The van der Waals surface area contributed by atoms with Gasteiger partial charge in [0.2, 0.25) is 5.12 Å². The van der Waals surface area contributed by atoms with Crippen molar-refractivity contribution in [2.45, 2.75) is 37.7 Å². The monoisotopic (exact) mass is 218 g/mol. The number of methoxy groups -OCH3 is 1. The van der Waals surface area contributed by atoms with Crippen LogP contribution in [-0.4, -0.2) is 35.1 Å². The Hall–Kier alpha value is -0.550. The molecule has 80 valence electrons. The van der Waals surface area contributed by atoms with Crippen LogP contribution in [0.5, 0.6) is 0 Å². The number of esters is 1.